The van der Waals surface area contributed by atoms with Crippen molar-refractivity contribution in [3.63, 3.8) is 0 Å². The van der Waals surface area contributed by atoms with E-state index in [0.29, 0.717) is 37.2 Å². The number of benzene rings is 2. The molecule has 150 valence electrons. The van der Waals surface area contributed by atoms with Gasteiger partial charge in [-0.3, -0.25) is 4.79 Å². The van der Waals surface area contributed by atoms with Gasteiger partial charge in [0.1, 0.15) is 5.78 Å². The molecule has 1 heterocycles. The lowest BCUT2D eigenvalue weighted by Crippen LogP contribution is -2.40. The van der Waals surface area contributed by atoms with Crippen molar-refractivity contribution in [2.75, 3.05) is 13.1 Å². The molecular weight excluding hydrogens is 370 g/mol. The Morgan fingerprint density at radius 3 is 2.18 bits per heavy atom. The lowest BCUT2D eigenvalue weighted by Gasteiger charge is -2.31. The Labute approximate surface area is 168 Å². The first-order valence-electron chi connectivity index (χ1n) is 9.99. The van der Waals surface area contributed by atoms with E-state index >= 15 is 0 Å². The van der Waals surface area contributed by atoms with Crippen LogP contribution in [0.25, 0.3) is 0 Å². The number of Topliss-reactive ketones (excluding diaryl/α,β-unsaturated/α-hetero) is 1. The van der Waals surface area contributed by atoms with Crippen LogP contribution in [0.2, 0.25) is 0 Å². The van der Waals surface area contributed by atoms with Crippen LogP contribution < -0.4 is 0 Å². The molecule has 4 nitrogen and oxygen atoms in total. The third kappa shape index (κ3) is 4.53. The van der Waals surface area contributed by atoms with E-state index in [-0.39, 0.29) is 11.7 Å². The molecule has 2 aromatic carbocycles. The number of rotatable bonds is 6. The fourth-order valence-corrected chi connectivity index (χ4v) is 5.56. The molecule has 5 heteroatoms. The van der Waals surface area contributed by atoms with Crippen molar-refractivity contribution in [1.29, 1.82) is 0 Å². The summed E-state index contributed by atoms with van der Waals surface area (Å²) in [5, 5.41) is 0. The quantitative estimate of drug-likeness (QED) is 0.735. The number of carbonyl (C=O) groups excluding carboxylic acids is 1. The second-order valence-electron chi connectivity index (χ2n) is 7.76. The molecule has 0 bridgehead atoms. The van der Waals surface area contributed by atoms with Crippen LogP contribution in [0.3, 0.4) is 0 Å². The third-order valence-corrected chi connectivity index (χ3v) is 7.73. The molecule has 1 aliphatic heterocycles. The zero-order chi connectivity index (χ0) is 20.3. The fraction of sp³-hybridized carbons (Fsp3) is 0.435. The molecule has 0 spiro atoms. The van der Waals surface area contributed by atoms with Crippen LogP contribution in [-0.4, -0.2) is 31.6 Å². The summed E-state index contributed by atoms with van der Waals surface area (Å²) in [5.41, 5.74) is 4.12. The summed E-state index contributed by atoms with van der Waals surface area (Å²) in [7, 11) is -3.50. The average Bonchev–Trinajstić information content (AvgIpc) is 2.68. The highest BCUT2D eigenvalue weighted by atomic mass is 32.2. The molecule has 1 aliphatic rings. The number of aryl methyl sites for hydroxylation is 3. The van der Waals surface area contributed by atoms with E-state index in [1.54, 1.807) is 6.07 Å². The molecule has 1 fully saturated rings. The average molecular weight is 400 g/mol. The van der Waals surface area contributed by atoms with E-state index in [4.69, 9.17) is 0 Å². The van der Waals surface area contributed by atoms with Gasteiger partial charge in [-0.05, 0) is 55.9 Å². The second kappa shape index (κ2) is 8.58. The third-order valence-electron chi connectivity index (χ3n) is 5.67. The number of piperidine rings is 1. The molecule has 0 atom stereocenters. The lowest BCUT2D eigenvalue weighted by molar-refractivity contribution is -0.123. The molecule has 2 aromatic rings. The van der Waals surface area contributed by atoms with Crippen molar-refractivity contribution in [3.05, 3.63) is 64.7 Å². The number of hydrogen-bond acceptors (Lipinski definition) is 3. The van der Waals surface area contributed by atoms with Gasteiger partial charge in [-0.1, -0.05) is 48.9 Å². The van der Waals surface area contributed by atoms with Crippen LogP contribution in [0.15, 0.2) is 47.4 Å². The lowest BCUT2D eigenvalue weighted by atomic mass is 9.90. The Morgan fingerprint density at radius 2 is 1.61 bits per heavy atom. The minimum absolute atomic E-state index is 0.0589. The number of carbonyl (C=O) groups is 1. The standard InChI is InChI=1S/C23H29NO3S/c1-4-19-6-8-20(9-7-19)16-22(25)21-11-13-24(14-12-21)28(26,27)23-10-5-17(2)15-18(23)3/h5-10,15,21H,4,11-14,16H2,1-3H3. The second-order valence-corrected chi connectivity index (χ2v) is 9.67. The highest BCUT2D eigenvalue weighted by Gasteiger charge is 2.32. The van der Waals surface area contributed by atoms with E-state index in [1.165, 1.54) is 9.87 Å². The Bertz CT molecular complexity index is 940. The van der Waals surface area contributed by atoms with Gasteiger partial charge in [0.05, 0.1) is 4.90 Å². The molecule has 1 saturated heterocycles. The van der Waals surface area contributed by atoms with Crippen LogP contribution in [0.1, 0.15) is 42.0 Å². The summed E-state index contributed by atoms with van der Waals surface area (Å²) in [6.45, 7) is 6.71. The molecular formula is C23H29NO3S. The van der Waals surface area contributed by atoms with E-state index in [1.807, 2.05) is 38.1 Å². The first-order valence-corrected chi connectivity index (χ1v) is 11.4. The van der Waals surface area contributed by atoms with Gasteiger partial charge in [-0.25, -0.2) is 8.42 Å². The van der Waals surface area contributed by atoms with E-state index < -0.39 is 10.0 Å². The smallest absolute Gasteiger partial charge is 0.243 e. The topological polar surface area (TPSA) is 54.5 Å². The SMILES string of the molecule is CCc1ccc(CC(=O)C2CCN(S(=O)(=O)c3ccc(C)cc3C)CC2)cc1. The van der Waals surface area contributed by atoms with Gasteiger partial charge in [-0.2, -0.15) is 4.31 Å². The summed E-state index contributed by atoms with van der Waals surface area (Å²) in [6, 6.07) is 13.6. The highest BCUT2D eigenvalue weighted by Crippen LogP contribution is 2.27. The molecule has 28 heavy (non-hydrogen) atoms. The number of nitrogens with zero attached hydrogens (tertiary/aromatic N) is 1. The van der Waals surface area contributed by atoms with Crippen molar-refractivity contribution in [2.24, 2.45) is 5.92 Å². The zero-order valence-corrected chi connectivity index (χ0v) is 17.8. The number of hydrogen-bond donors (Lipinski definition) is 0. The van der Waals surface area contributed by atoms with Gasteiger partial charge in [0.2, 0.25) is 10.0 Å². The van der Waals surface area contributed by atoms with Gasteiger partial charge in [-0.15, -0.1) is 0 Å². The van der Waals surface area contributed by atoms with Crippen LogP contribution in [0.4, 0.5) is 0 Å². The van der Waals surface area contributed by atoms with Crippen molar-refractivity contribution in [3.8, 4) is 0 Å². The Hall–Kier alpha value is -1.98. The highest BCUT2D eigenvalue weighted by molar-refractivity contribution is 7.89. The molecule has 0 amide bonds. The fourth-order valence-electron chi connectivity index (χ4n) is 3.88. The molecule has 3 rings (SSSR count). The van der Waals surface area contributed by atoms with Crippen molar-refractivity contribution in [2.45, 2.75) is 51.3 Å². The van der Waals surface area contributed by atoms with Gasteiger partial charge in [0.15, 0.2) is 0 Å². The normalized spacial score (nSPS) is 16.2. The van der Waals surface area contributed by atoms with E-state index in [2.05, 4.69) is 19.1 Å². The van der Waals surface area contributed by atoms with Gasteiger partial charge >= 0.3 is 0 Å². The van der Waals surface area contributed by atoms with Gasteiger partial charge in [0, 0.05) is 25.4 Å². The molecule has 0 unspecified atom stereocenters. The maximum Gasteiger partial charge on any atom is 0.243 e. The predicted octanol–water partition coefficient (Wildman–Crippen LogP) is 4.08. The molecule has 0 N–H and O–H groups in total. The predicted molar refractivity (Wildman–Crippen MR) is 112 cm³/mol. The Kier molecular flexibility index (Phi) is 6.36. The minimum atomic E-state index is -3.50. The Morgan fingerprint density at radius 1 is 1.00 bits per heavy atom. The molecule has 0 radical (unpaired) electrons. The summed E-state index contributed by atoms with van der Waals surface area (Å²) in [4.78, 5) is 13.0. The summed E-state index contributed by atoms with van der Waals surface area (Å²) >= 11 is 0. The molecule has 0 aromatic heterocycles. The maximum absolute atomic E-state index is 13.0. The number of ketones is 1. The molecule has 0 saturated carbocycles. The summed E-state index contributed by atoms with van der Waals surface area (Å²) in [6.07, 6.45) is 2.60. The summed E-state index contributed by atoms with van der Waals surface area (Å²) < 4.78 is 27.5. The maximum atomic E-state index is 13.0. The zero-order valence-electron chi connectivity index (χ0n) is 16.9. The summed E-state index contributed by atoms with van der Waals surface area (Å²) in [5.74, 6) is 0.157. The van der Waals surface area contributed by atoms with Crippen LogP contribution in [0.5, 0.6) is 0 Å². The monoisotopic (exact) mass is 399 g/mol. The van der Waals surface area contributed by atoms with Crippen LogP contribution in [-0.2, 0) is 27.7 Å². The minimum Gasteiger partial charge on any atom is -0.299 e. The van der Waals surface area contributed by atoms with Crippen molar-refractivity contribution >= 4 is 15.8 Å². The first-order chi connectivity index (χ1) is 13.3. The first kappa shape index (κ1) is 20.7. The van der Waals surface area contributed by atoms with Gasteiger partial charge < -0.3 is 0 Å². The van der Waals surface area contributed by atoms with E-state index in [9.17, 15) is 13.2 Å². The van der Waals surface area contributed by atoms with Crippen LogP contribution in [0, 0.1) is 19.8 Å². The van der Waals surface area contributed by atoms with Crippen molar-refractivity contribution < 1.29 is 13.2 Å². The van der Waals surface area contributed by atoms with Crippen LogP contribution >= 0.6 is 0 Å². The van der Waals surface area contributed by atoms with E-state index in [0.717, 1.165) is 23.1 Å². The number of sulfonamides is 1. The molecule has 0 aliphatic carbocycles. The van der Waals surface area contributed by atoms with Crippen molar-refractivity contribution in [1.82, 2.24) is 4.31 Å². The Balaban J connectivity index is 1.62. The largest absolute Gasteiger partial charge is 0.299 e. The van der Waals surface area contributed by atoms with Gasteiger partial charge in [0.25, 0.3) is 0 Å².